The first-order valence-electron chi connectivity index (χ1n) is 9.40. The fraction of sp³-hybridized carbons (Fsp3) is 0.381. The molecule has 1 atom stereocenters. The number of carbonyl (C=O) groups is 1. The van der Waals surface area contributed by atoms with Crippen LogP contribution in [0.5, 0.6) is 0 Å². The molecule has 3 aromatic rings. The van der Waals surface area contributed by atoms with Crippen molar-refractivity contribution in [3.8, 4) is 5.69 Å². The lowest BCUT2D eigenvalue weighted by atomic mass is 9.89. The molecular weight excluding hydrogens is 395 g/mol. The molecule has 1 aliphatic carbocycles. The molecule has 0 spiro atoms. The Bertz CT molecular complexity index is 1120. The van der Waals surface area contributed by atoms with Crippen LogP contribution in [-0.2, 0) is 17.6 Å². The number of hydrogen-bond donors (Lipinski definition) is 0. The van der Waals surface area contributed by atoms with Crippen LogP contribution >= 0.6 is 23.1 Å². The summed E-state index contributed by atoms with van der Waals surface area (Å²) in [5.41, 5.74) is 1.07. The van der Waals surface area contributed by atoms with E-state index in [0.717, 1.165) is 29.7 Å². The Kier molecular flexibility index (Phi) is 5.38. The molecule has 0 bridgehead atoms. The number of Topliss-reactive ketones (excluding diaryl/α,β-unsaturated/α-hetero) is 1. The van der Waals surface area contributed by atoms with Crippen molar-refractivity contribution in [3.63, 3.8) is 0 Å². The van der Waals surface area contributed by atoms with E-state index in [1.54, 1.807) is 29.5 Å². The Morgan fingerprint density at radius 2 is 2.18 bits per heavy atom. The zero-order chi connectivity index (χ0) is 19.8. The predicted octanol–water partition coefficient (Wildman–Crippen LogP) is 4.78. The molecule has 0 N–H and O–H groups in total. The Balaban J connectivity index is 1.93. The van der Waals surface area contributed by atoms with Crippen LogP contribution in [0.4, 0.5) is 4.39 Å². The average molecular weight is 417 g/mol. The third-order valence-corrected chi connectivity index (χ3v) is 7.17. The number of aryl methyl sites for hydroxylation is 1. The van der Waals surface area contributed by atoms with E-state index in [-0.39, 0.29) is 17.0 Å². The molecular formula is C21H21FN2O2S2. The maximum atomic E-state index is 14.6. The Morgan fingerprint density at radius 1 is 1.39 bits per heavy atom. The van der Waals surface area contributed by atoms with Crippen LogP contribution in [0.25, 0.3) is 15.9 Å². The van der Waals surface area contributed by atoms with E-state index in [4.69, 9.17) is 4.98 Å². The van der Waals surface area contributed by atoms with Crippen molar-refractivity contribution < 1.29 is 9.18 Å². The fourth-order valence-corrected chi connectivity index (χ4v) is 6.07. The minimum Gasteiger partial charge on any atom is -0.300 e. The van der Waals surface area contributed by atoms with E-state index >= 15 is 0 Å². The number of carbonyl (C=O) groups excluding carboxylic acids is 1. The summed E-state index contributed by atoms with van der Waals surface area (Å²) in [5.74, 6) is 0.716. The van der Waals surface area contributed by atoms with Gasteiger partial charge in [-0.15, -0.1) is 11.3 Å². The highest BCUT2D eigenvalue weighted by atomic mass is 32.2. The highest BCUT2D eigenvalue weighted by Gasteiger charge is 2.25. The number of halogens is 1. The van der Waals surface area contributed by atoms with Crippen molar-refractivity contribution in [2.75, 3.05) is 5.75 Å². The Hall–Kier alpha value is -1.99. The van der Waals surface area contributed by atoms with E-state index in [9.17, 15) is 14.0 Å². The number of ketones is 1. The first-order chi connectivity index (χ1) is 13.5. The van der Waals surface area contributed by atoms with Gasteiger partial charge < -0.3 is 0 Å². The summed E-state index contributed by atoms with van der Waals surface area (Å²) in [6.45, 7) is 3.76. The summed E-state index contributed by atoms with van der Waals surface area (Å²) in [6.07, 6.45) is 3.26. The number of nitrogens with zero attached hydrogens (tertiary/aromatic N) is 2. The van der Waals surface area contributed by atoms with Gasteiger partial charge in [0, 0.05) is 17.1 Å². The molecule has 146 valence electrons. The van der Waals surface area contributed by atoms with Crippen LogP contribution in [0.15, 0.2) is 34.2 Å². The zero-order valence-electron chi connectivity index (χ0n) is 15.8. The van der Waals surface area contributed by atoms with E-state index in [1.165, 1.54) is 34.2 Å². The lowest BCUT2D eigenvalue weighted by molar-refractivity contribution is -0.116. The summed E-state index contributed by atoms with van der Waals surface area (Å²) in [4.78, 5) is 31.5. The number of rotatable bonds is 5. The van der Waals surface area contributed by atoms with Crippen molar-refractivity contribution in [3.05, 3.63) is 50.9 Å². The third kappa shape index (κ3) is 3.53. The van der Waals surface area contributed by atoms with Crippen LogP contribution in [0.3, 0.4) is 0 Å². The van der Waals surface area contributed by atoms with Gasteiger partial charge in [-0.1, -0.05) is 30.8 Å². The van der Waals surface area contributed by atoms with Gasteiger partial charge in [-0.05, 0) is 49.8 Å². The second-order valence-electron chi connectivity index (χ2n) is 7.32. The number of fused-ring (bicyclic) bond motifs is 3. The van der Waals surface area contributed by atoms with E-state index in [2.05, 4.69) is 6.92 Å². The molecule has 4 nitrogen and oxygen atoms in total. The van der Waals surface area contributed by atoms with Gasteiger partial charge in [0.25, 0.3) is 5.56 Å². The second kappa shape index (κ2) is 7.79. The Labute approximate surface area is 170 Å². The van der Waals surface area contributed by atoms with Crippen LogP contribution in [0, 0.1) is 11.7 Å². The number of thioether (sulfide) groups is 1. The lowest BCUT2D eigenvalue weighted by Gasteiger charge is -2.18. The van der Waals surface area contributed by atoms with Gasteiger partial charge in [0.15, 0.2) is 5.16 Å². The molecule has 2 aromatic heterocycles. The molecule has 0 unspecified atom stereocenters. The summed E-state index contributed by atoms with van der Waals surface area (Å²) in [6, 6.07) is 6.26. The second-order valence-corrected chi connectivity index (χ2v) is 9.46. The standard InChI is InChI=1S/C21H21FN2O2S2/c1-12-7-8-14-17(11-12)28-19-18(14)20(26)24(16-6-4-3-5-15(16)22)21(23-19)27-10-9-13(2)25/h3-6,12H,7-11H2,1-2H3/t12-/m1/s1. The zero-order valence-corrected chi connectivity index (χ0v) is 17.5. The van der Waals surface area contributed by atoms with Gasteiger partial charge >= 0.3 is 0 Å². The third-order valence-electron chi connectivity index (χ3n) is 5.08. The maximum Gasteiger partial charge on any atom is 0.267 e. The summed E-state index contributed by atoms with van der Waals surface area (Å²) >= 11 is 2.91. The summed E-state index contributed by atoms with van der Waals surface area (Å²) < 4.78 is 15.9. The molecule has 0 saturated heterocycles. The van der Waals surface area contributed by atoms with Gasteiger partial charge in [-0.25, -0.2) is 9.37 Å². The number of hydrogen-bond acceptors (Lipinski definition) is 5. The monoisotopic (exact) mass is 416 g/mol. The van der Waals surface area contributed by atoms with Crippen LogP contribution in [0.1, 0.15) is 37.1 Å². The largest absolute Gasteiger partial charge is 0.300 e. The van der Waals surface area contributed by atoms with Crippen LogP contribution < -0.4 is 5.56 Å². The summed E-state index contributed by atoms with van der Waals surface area (Å²) in [7, 11) is 0. The first-order valence-corrected chi connectivity index (χ1v) is 11.2. The number of benzene rings is 1. The Morgan fingerprint density at radius 3 is 2.93 bits per heavy atom. The molecule has 0 saturated carbocycles. The van der Waals surface area contributed by atoms with E-state index in [1.807, 2.05) is 0 Å². The van der Waals surface area contributed by atoms with Gasteiger partial charge in [-0.3, -0.25) is 14.2 Å². The molecule has 4 rings (SSSR count). The normalized spacial score (nSPS) is 16.3. The van der Waals surface area contributed by atoms with Crippen molar-refractivity contribution in [2.45, 2.75) is 44.7 Å². The SMILES string of the molecule is CC(=O)CCSc1nc2sc3c(c2c(=O)n1-c1ccccc1F)CC[C@@H](C)C3. The smallest absolute Gasteiger partial charge is 0.267 e. The van der Waals surface area contributed by atoms with Crippen molar-refractivity contribution in [2.24, 2.45) is 5.92 Å². The quantitative estimate of drug-likeness (QED) is 0.444. The highest BCUT2D eigenvalue weighted by molar-refractivity contribution is 7.99. The minimum absolute atomic E-state index is 0.0777. The lowest BCUT2D eigenvalue weighted by Crippen LogP contribution is -2.23. The van der Waals surface area contributed by atoms with Crippen molar-refractivity contribution >= 4 is 39.1 Å². The summed E-state index contributed by atoms with van der Waals surface area (Å²) in [5, 5.41) is 1.07. The van der Waals surface area contributed by atoms with Gasteiger partial charge in [0.2, 0.25) is 0 Å². The van der Waals surface area contributed by atoms with Crippen LogP contribution in [-0.4, -0.2) is 21.1 Å². The fourth-order valence-electron chi connectivity index (χ4n) is 3.60. The highest BCUT2D eigenvalue weighted by Crippen LogP contribution is 2.37. The molecule has 2 heterocycles. The van der Waals surface area contributed by atoms with Crippen molar-refractivity contribution in [1.82, 2.24) is 9.55 Å². The molecule has 0 aliphatic heterocycles. The van der Waals surface area contributed by atoms with Gasteiger partial charge in [-0.2, -0.15) is 0 Å². The molecule has 1 aromatic carbocycles. The maximum absolute atomic E-state index is 14.6. The van der Waals surface area contributed by atoms with Crippen LogP contribution in [0.2, 0.25) is 0 Å². The first kappa shape index (κ1) is 19.3. The average Bonchev–Trinajstić information content (AvgIpc) is 3.00. The molecule has 28 heavy (non-hydrogen) atoms. The molecule has 0 fully saturated rings. The number of aromatic nitrogens is 2. The van der Waals surface area contributed by atoms with Gasteiger partial charge in [0.1, 0.15) is 16.4 Å². The predicted molar refractivity (Wildman–Crippen MR) is 112 cm³/mol. The number of para-hydroxylation sites is 1. The van der Waals surface area contributed by atoms with Crippen molar-refractivity contribution in [1.29, 1.82) is 0 Å². The van der Waals surface area contributed by atoms with E-state index < -0.39 is 5.82 Å². The van der Waals surface area contributed by atoms with Gasteiger partial charge in [0.05, 0.1) is 11.1 Å². The molecule has 7 heteroatoms. The minimum atomic E-state index is -0.461. The molecule has 1 aliphatic rings. The molecule has 0 radical (unpaired) electrons. The molecule has 0 amide bonds. The number of thiophene rings is 1. The van der Waals surface area contributed by atoms with E-state index in [0.29, 0.717) is 28.6 Å². The topological polar surface area (TPSA) is 52.0 Å².